The van der Waals surface area contributed by atoms with Gasteiger partial charge in [-0.05, 0) is 18.6 Å². The van der Waals surface area contributed by atoms with Crippen molar-refractivity contribution in [2.75, 3.05) is 13.7 Å². The minimum absolute atomic E-state index is 0.0113. The van der Waals surface area contributed by atoms with Crippen molar-refractivity contribution in [3.63, 3.8) is 0 Å². The first-order valence-corrected chi connectivity index (χ1v) is 7.32. The summed E-state index contributed by atoms with van der Waals surface area (Å²) in [5.41, 5.74) is 0. The number of rotatable bonds is 7. The van der Waals surface area contributed by atoms with Crippen molar-refractivity contribution >= 4 is 10.0 Å². The van der Waals surface area contributed by atoms with Gasteiger partial charge >= 0.3 is 0 Å². The van der Waals surface area contributed by atoms with Crippen LogP contribution in [-0.2, 0) is 10.0 Å². The summed E-state index contributed by atoms with van der Waals surface area (Å²) in [5, 5.41) is 0. The molecule has 1 aromatic carbocycles. The molecule has 0 saturated heterocycles. The lowest BCUT2D eigenvalue weighted by molar-refractivity contribution is 0.385. The van der Waals surface area contributed by atoms with E-state index in [4.69, 9.17) is 4.74 Å². The van der Waals surface area contributed by atoms with Gasteiger partial charge in [0.15, 0.2) is 11.6 Å². The highest BCUT2D eigenvalue weighted by molar-refractivity contribution is 7.89. The van der Waals surface area contributed by atoms with E-state index in [1.165, 1.54) is 19.2 Å². The summed E-state index contributed by atoms with van der Waals surface area (Å²) < 4.78 is 44.2. The van der Waals surface area contributed by atoms with Crippen LogP contribution in [0.15, 0.2) is 23.1 Å². The fraction of sp³-hybridized carbons (Fsp3) is 0.500. The van der Waals surface area contributed by atoms with E-state index in [0.717, 1.165) is 25.3 Å². The van der Waals surface area contributed by atoms with Gasteiger partial charge in [-0.1, -0.05) is 19.8 Å². The molecular weight excluding hydrogens is 257 g/mol. The fourth-order valence-electron chi connectivity index (χ4n) is 1.47. The van der Waals surface area contributed by atoms with Crippen LogP contribution >= 0.6 is 0 Å². The van der Waals surface area contributed by atoms with Crippen LogP contribution in [0, 0.1) is 5.82 Å². The summed E-state index contributed by atoms with van der Waals surface area (Å²) in [6, 6.07) is 3.48. The zero-order valence-corrected chi connectivity index (χ0v) is 11.4. The van der Waals surface area contributed by atoms with E-state index < -0.39 is 15.8 Å². The molecule has 0 aromatic heterocycles. The highest BCUT2D eigenvalue weighted by atomic mass is 32.2. The highest BCUT2D eigenvalue weighted by Crippen LogP contribution is 2.21. The van der Waals surface area contributed by atoms with Crippen molar-refractivity contribution < 1.29 is 17.5 Å². The summed E-state index contributed by atoms with van der Waals surface area (Å²) in [5.74, 6) is -0.658. The van der Waals surface area contributed by atoms with E-state index in [1.807, 2.05) is 6.92 Å². The molecule has 0 saturated carbocycles. The van der Waals surface area contributed by atoms with Crippen LogP contribution in [0.5, 0.6) is 5.75 Å². The maximum atomic E-state index is 13.2. The van der Waals surface area contributed by atoms with Crippen LogP contribution < -0.4 is 9.46 Å². The summed E-state index contributed by atoms with van der Waals surface area (Å²) in [4.78, 5) is 0.0113. The van der Waals surface area contributed by atoms with Crippen LogP contribution in [0.2, 0.25) is 0 Å². The topological polar surface area (TPSA) is 55.4 Å². The minimum Gasteiger partial charge on any atom is -0.494 e. The zero-order valence-electron chi connectivity index (χ0n) is 10.6. The highest BCUT2D eigenvalue weighted by Gasteiger charge is 2.15. The van der Waals surface area contributed by atoms with Crippen molar-refractivity contribution in [1.29, 1.82) is 0 Å². The molecule has 0 radical (unpaired) electrons. The first-order valence-electron chi connectivity index (χ1n) is 5.84. The van der Waals surface area contributed by atoms with Crippen LogP contribution in [0.25, 0.3) is 0 Å². The average molecular weight is 275 g/mol. The Morgan fingerprint density at radius 1 is 1.33 bits per heavy atom. The third-order valence-electron chi connectivity index (χ3n) is 2.51. The molecule has 1 rings (SSSR count). The Kier molecular flexibility index (Phi) is 5.55. The molecule has 0 bridgehead atoms. The SMILES string of the molecule is CCCCCNS(=O)(=O)c1ccc(F)c(OC)c1. The molecule has 1 aromatic rings. The Balaban J connectivity index is 2.78. The van der Waals surface area contributed by atoms with E-state index in [-0.39, 0.29) is 10.6 Å². The average Bonchev–Trinajstić information content (AvgIpc) is 2.35. The van der Waals surface area contributed by atoms with E-state index in [9.17, 15) is 12.8 Å². The number of benzene rings is 1. The molecule has 0 aliphatic heterocycles. The first-order chi connectivity index (χ1) is 8.51. The second-order valence-corrected chi connectivity index (χ2v) is 5.67. The molecule has 0 atom stereocenters. The molecule has 1 N–H and O–H groups in total. The number of sulfonamides is 1. The molecule has 0 heterocycles. The quantitative estimate of drug-likeness (QED) is 0.777. The van der Waals surface area contributed by atoms with Gasteiger partial charge in [-0.3, -0.25) is 0 Å². The molecule has 0 unspecified atom stereocenters. The summed E-state index contributed by atoms with van der Waals surface area (Å²) in [6.07, 6.45) is 2.77. The van der Waals surface area contributed by atoms with Crippen molar-refractivity contribution in [3.8, 4) is 5.75 Å². The zero-order chi connectivity index (χ0) is 13.6. The second-order valence-electron chi connectivity index (χ2n) is 3.90. The van der Waals surface area contributed by atoms with Crippen LogP contribution in [0.3, 0.4) is 0 Å². The molecule has 18 heavy (non-hydrogen) atoms. The molecule has 4 nitrogen and oxygen atoms in total. The standard InChI is InChI=1S/C12H18FNO3S/c1-3-4-5-8-14-18(15,16)10-6-7-11(13)12(9-10)17-2/h6-7,9,14H,3-5,8H2,1-2H3. The van der Waals surface area contributed by atoms with Crippen LogP contribution in [0.4, 0.5) is 4.39 Å². The summed E-state index contributed by atoms with van der Waals surface area (Å²) in [7, 11) is -2.29. The number of nitrogens with one attached hydrogen (secondary N) is 1. The van der Waals surface area contributed by atoms with Crippen LogP contribution in [-0.4, -0.2) is 22.1 Å². The van der Waals surface area contributed by atoms with Gasteiger partial charge in [0.05, 0.1) is 12.0 Å². The van der Waals surface area contributed by atoms with Crippen LogP contribution in [0.1, 0.15) is 26.2 Å². The Morgan fingerprint density at radius 2 is 2.06 bits per heavy atom. The molecule has 0 aliphatic carbocycles. The molecule has 0 amide bonds. The number of unbranched alkanes of at least 4 members (excludes halogenated alkanes) is 2. The van der Waals surface area contributed by atoms with E-state index >= 15 is 0 Å². The maximum absolute atomic E-state index is 13.2. The first kappa shape index (κ1) is 14.9. The Morgan fingerprint density at radius 3 is 2.67 bits per heavy atom. The number of hydrogen-bond acceptors (Lipinski definition) is 3. The summed E-state index contributed by atoms with van der Waals surface area (Å²) in [6.45, 7) is 2.43. The van der Waals surface area contributed by atoms with Crippen molar-refractivity contribution in [2.45, 2.75) is 31.1 Å². The number of halogens is 1. The van der Waals surface area contributed by atoms with Gasteiger partial charge in [0.25, 0.3) is 0 Å². The van der Waals surface area contributed by atoms with Gasteiger partial charge in [-0.15, -0.1) is 0 Å². The lowest BCUT2D eigenvalue weighted by atomic mass is 10.3. The van der Waals surface area contributed by atoms with Crippen molar-refractivity contribution in [3.05, 3.63) is 24.0 Å². The van der Waals surface area contributed by atoms with Gasteiger partial charge in [-0.2, -0.15) is 0 Å². The van der Waals surface area contributed by atoms with Crippen molar-refractivity contribution in [2.24, 2.45) is 0 Å². The second kappa shape index (κ2) is 6.70. The third-order valence-corrected chi connectivity index (χ3v) is 3.96. The molecular formula is C12H18FNO3S. The van der Waals surface area contributed by atoms with Gasteiger partial charge in [0.1, 0.15) is 0 Å². The predicted octanol–water partition coefficient (Wildman–Crippen LogP) is 2.30. The fourth-order valence-corrected chi connectivity index (χ4v) is 2.56. The van der Waals surface area contributed by atoms with E-state index in [0.29, 0.717) is 6.54 Å². The molecule has 102 valence electrons. The Hall–Kier alpha value is -1.14. The molecule has 0 aliphatic rings. The lowest BCUT2D eigenvalue weighted by Crippen LogP contribution is -2.24. The van der Waals surface area contributed by atoms with Crippen molar-refractivity contribution in [1.82, 2.24) is 4.72 Å². The monoisotopic (exact) mass is 275 g/mol. The molecule has 0 fully saturated rings. The molecule has 6 heteroatoms. The summed E-state index contributed by atoms with van der Waals surface area (Å²) >= 11 is 0. The number of hydrogen-bond donors (Lipinski definition) is 1. The number of methoxy groups -OCH3 is 1. The van der Waals surface area contributed by atoms with Gasteiger partial charge in [-0.25, -0.2) is 17.5 Å². The third kappa shape index (κ3) is 3.96. The largest absolute Gasteiger partial charge is 0.494 e. The van der Waals surface area contributed by atoms with Gasteiger partial charge in [0, 0.05) is 12.6 Å². The van der Waals surface area contributed by atoms with Gasteiger partial charge < -0.3 is 4.74 Å². The minimum atomic E-state index is -3.59. The van der Waals surface area contributed by atoms with E-state index in [1.54, 1.807) is 0 Å². The molecule has 0 spiro atoms. The Bertz CT molecular complexity index is 488. The van der Waals surface area contributed by atoms with Gasteiger partial charge in [0.2, 0.25) is 10.0 Å². The smallest absolute Gasteiger partial charge is 0.240 e. The lowest BCUT2D eigenvalue weighted by Gasteiger charge is -2.08. The Labute approximate surface area is 107 Å². The van der Waals surface area contributed by atoms with E-state index in [2.05, 4.69) is 4.72 Å². The predicted molar refractivity (Wildman–Crippen MR) is 67.7 cm³/mol. The normalized spacial score (nSPS) is 11.5. The maximum Gasteiger partial charge on any atom is 0.240 e. The number of ether oxygens (including phenoxy) is 1.